The Balaban J connectivity index is 0. The number of carbonyl (C=O) groups is 2. The number of thiocarbonyl (C=S) groups is 1. The number of carboxylic acid groups (broad SMARTS) is 1. The van der Waals surface area contributed by atoms with Crippen LogP contribution in [0.4, 0.5) is 0 Å². The van der Waals surface area contributed by atoms with E-state index in [9.17, 15) is 9.59 Å². The molecule has 0 rings (SSSR count). The Morgan fingerprint density at radius 1 is 1.43 bits per heavy atom. The third-order valence-corrected chi connectivity index (χ3v) is 1.79. The molecule has 0 aliphatic rings. The van der Waals surface area contributed by atoms with Gasteiger partial charge in [-0.3, -0.25) is 4.79 Å². The zero-order valence-electron chi connectivity index (χ0n) is 8.06. The Bertz CT molecular complexity index is 205. The van der Waals surface area contributed by atoms with Gasteiger partial charge in [0, 0.05) is 13.1 Å². The summed E-state index contributed by atoms with van der Waals surface area (Å²) in [4.78, 5) is 20.6. The number of nitrogens with zero attached hydrogens (tertiary/aromatic N) is 1. The van der Waals surface area contributed by atoms with E-state index in [4.69, 9.17) is 17.3 Å². The molecule has 0 heterocycles. The van der Waals surface area contributed by atoms with Gasteiger partial charge in [-0.1, -0.05) is 12.2 Å². The summed E-state index contributed by atoms with van der Waals surface area (Å²) < 4.78 is 0.690. The van der Waals surface area contributed by atoms with Crippen LogP contribution in [0.3, 0.4) is 0 Å². The minimum Gasteiger partial charge on any atom is -0.474 e. The quantitative estimate of drug-likeness (QED) is 0.361. The molecule has 0 fully saturated rings. The van der Waals surface area contributed by atoms with Crippen LogP contribution in [0.5, 0.6) is 0 Å². The lowest BCUT2D eigenvalue weighted by atomic mass is 10.6. The number of rotatable bonds is 2. The molecule has 82 valence electrons. The molecule has 14 heavy (non-hydrogen) atoms. The standard InChI is InChI=1S/C5H11NS2.C2H3NO3/c1-3-6(4-2)5(7)8;3-1(4)2(5)6/h3-4H2,1-2H3,(H,7,8);(H2,3,4)(H,5,6). The molecular formula is C7H14N2O3S2. The molecule has 0 spiro atoms. The number of amides is 1. The van der Waals surface area contributed by atoms with E-state index in [2.05, 4.69) is 32.2 Å². The van der Waals surface area contributed by atoms with Gasteiger partial charge in [-0.15, -0.1) is 12.6 Å². The van der Waals surface area contributed by atoms with E-state index in [-0.39, 0.29) is 0 Å². The number of nitrogens with two attached hydrogens (primary N) is 1. The number of carbonyl (C=O) groups excluding carboxylic acids is 1. The number of thiol groups is 1. The summed E-state index contributed by atoms with van der Waals surface area (Å²) in [5.74, 6) is -2.93. The fourth-order valence-corrected chi connectivity index (χ4v) is 1.04. The first-order valence-electron chi connectivity index (χ1n) is 3.87. The van der Waals surface area contributed by atoms with Crippen molar-refractivity contribution in [3.05, 3.63) is 0 Å². The predicted octanol–water partition coefficient (Wildman–Crippen LogP) is 0.0992. The highest BCUT2D eigenvalue weighted by atomic mass is 32.1. The van der Waals surface area contributed by atoms with Crippen molar-refractivity contribution < 1.29 is 14.7 Å². The van der Waals surface area contributed by atoms with Crippen molar-refractivity contribution in [1.29, 1.82) is 0 Å². The highest BCUT2D eigenvalue weighted by Crippen LogP contribution is 1.93. The van der Waals surface area contributed by atoms with Gasteiger partial charge >= 0.3 is 11.9 Å². The maximum Gasteiger partial charge on any atom is 0.394 e. The maximum atomic E-state index is 9.32. The van der Waals surface area contributed by atoms with E-state index in [0.717, 1.165) is 13.1 Å². The molecule has 0 aliphatic heterocycles. The van der Waals surface area contributed by atoms with Gasteiger partial charge < -0.3 is 15.7 Å². The highest BCUT2D eigenvalue weighted by molar-refractivity contribution is 8.10. The first-order chi connectivity index (χ1) is 6.36. The maximum absolute atomic E-state index is 9.32. The van der Waals surface area contributed by atoms with Gasteiger partial charge in [0.2, 0.25) is 0 Å². The molecule has 0 saturated carbocycles. The van der Waals surface area contributed by atoms with Crippen molar-refractivity contribution >= 4 is 41.0 Å². The van der Waals surface area contributed by atoms with Crippen LogP contribution in [0.15, 0.2) is 0 Å². The number of primary amides is 1. The largest absolute Gasteiger partial charge is 0.474 e. The summed E-state index contributed by atoms with van der Waals surface area (Å²) in [5.41, 5.74) is 4.20. The first kappa shape index (κ1) is 15.6. The van der Waals surface area contributed by atoms with E-state index in [0.29, 0.717) is 4.32 Å². The molecule has 7 heteroatoms. The SMILES string of the molecule is CCN(CC)C(=S)S.NC(=O)C(=O)O. The van der Waals surface area contributed by atoms with Gasteiger partial charge in [0.15, 0.2) is 0 Å². The van der Waals surface area contributed by atoms with E-state index in [1.54, 1.807) is 0 Å². The minimum absolute atomic E-state index is 0.690. The summed E-state index contributed by atoms with van der Waals surface area (Å²) in [7, 11) is 0. The second kappa shape index (κ2) is 8.76. The minimum atomic E-state index is -1.60. The normalized spacial score (nSPS) is 8.21. The molecule has 0 saturated heterocycles. The van der Waals surface area contributed by atoms with Crippen molar-refractivity contribution in [1.82, 2.24) is 4.90 Å². The van der Waals surface area contributed by atoms with Crippen LogP contribution in [0.25, 0.3) is 0 Å². The molecule has 0 radical (unpaired) electrons. The van der Waals surface area contributed by atoms with Crippen molar-refractivity contribution in [2.24, 2.45) is 5.73 Å². The molecular weight excluding hydrogens is 224 g/mol. The molecule has 5 nitrogen and oxygen atoms in total. The predicted molar refractivity (Wildman–Crippen MR) is 61.3 cm³/mol. The molecule has 0 aromatic rings. The third kappa shape index (κ3) is 9.27. The monoisotopic (exact) mass is 238 g/mol. The zero-order valence-corrected chi connectivity index (χ0v) is 9.77. The molecule has 0 aliphatic carbocycles. The van der Waals surface area contributed by atoms with Gasteiger partial charge in [0.1, 0.15) is 4.32 Å². The van der Waals surface area contributed by atoms with Crippen LogP contribution in [0.2, 0.25) is 0 Å². The molecule has 0 aromatic carbocycles. The Labute approximate surface area is 93.7 Å². The van der Waals surface area contributed by atoms with Crippen LogP contribution < -0.4 is 5.73 Å². The Morgan fingerprint density at radius 3 is 1.71 bits per heavy atom. The first-order valence-corrected chi connectivity index (χ1v) is 4.72. The molecule has 3 N–H and O–H groups in total. The van der Waals surface area contributed by atoms with Crippen LogP contribution in [0, 0.1) is 0 Å². The van der Waals surface area contributed by atoms with Crippen LogP contribution in [-0.4, -0.2) is 39.3 Å². The average Bonchev–Trinajstić information content (AvgIpc) is 2.06. The van der Waals surface area contributed by atoms with Gasteiger partial charge in [-0.05, 0) is 13.8 Å². The molecule has 1 amide bonds. The summed E-state index contributed by atoms with van der Waals surface area (Å²) in [6, 6.07) is 0. The van der Waals surface area contributed by atoms with E-state index in [1.807, 2.05) is 4.90 Å². The molecule has 0 unspecified atom stereocenters. The lowest BCUT2D eigenvalue weighted by Gasteiger charge is -2.16. The molecule has 0 aromatic heterocycles. The second-order valence-electron chi connectivity index (χ2n) is 2.12. The van der Waals surface area contributed by atoms with Gasteiger partial charge in [0.05, 0.1) is 0 Å². The van der Waals surface area contributed by atoms with Crippen molar-refractivity contribution in [3.63, 3.8) is 0 Å². The van der Waals surface area contributed by atoms with E-state index < -0.39 is 11.9 Å². The summed E-state index contributed by atoms with van der Waals surface area (Å²) in [5, 5.41) is 7.52. The summed E-state index contributed by atoms with van der Waals surface area (Å²) in [6.07, 6.45) is 0. The summed E-state index contributed by atoms with van der Waals surface area (Å²) in [6.45, 7) is 6.04. The fourth-order valence-electron chi connectivity index (χ4n) is 0.494. The smallest absolute Gasteiger partial charge is 0.394 e. The van der Waals surface area contributed by atoms with Crippen LogP contribution in [-0.2, 0) is 9.59 Å². The second-order valence-corrected chi connectivity index (χ2v) is 3.24. The van der Waals surface area contributed by atoms with E-state index >= 15 is 0 Å². The third-order valence-electron chi connectivity index (χ3n) is 1.24. The van der Waals surface area contributed by atoms with Crippen molar-refractivity contribution in [2.75, 3.05) is 13.1 Å². The highest BCUT2D eigenvalue weighted by Gasteiger charge is 2.00. The van der Waals surface area contributed by atoms with Crippen molar-refractivity contribution in [2.45, 2.75) is 13.8 Å². The average molecular weight is 238 g/mol. The van der Waals surface area contributed by atoms with E-state index in [1.165, 1.54) is 0 Å². The van der Waals surface area contributed by atoms with Gasteiger partial charge in [-0.25, -0.2) is 4.79 Å². The van der Waals surface area contributed by atoms with Crippen LogP contribution in [0.1, 0.15) is 13.8 Å². The molecule has 0 atom stereocenters. The number of aliphatic carboxylic acids is 1. The number of carboxylic acids is 1. The van der Waals surface area contributed by atoms with Crippen molar-refractivity contribution in [3.8, 4) is 0 Å². The molecule has 0 bridgehead atoms. The Hall–Kier alpha value is -0.820. The lowest BCUT2D eigenvalue weighted by molar-refractivity contribution is -0.148. The fraction of sp³-hybridized carbons (Fsp3) is 0.571. The Morgan fingerprint density at radius 2 is 1.71 bits per heavy atom. The van der Waals surface area contributed by atoms with Gasteiger partial charge in [-0.2, -0.15) is 0 Å². The zero-order chi connectivity index (χ0) is 11.7. The van der Waals surface area contributed by atoms with Crippen LogP contribution >= 0.6 is 24.8 Å². The number of hydrogen-bond donors (Lipinski definition) is 3. The topological polar surface area (TPSA) is 83.6 Å². The number of hydrogen-bond acceptors (Lipinski definition) is 3. The Kier molecular flexibility index (Phi) is 9.79. The lowest BCUT2D eigenvalue weighted by Crippen LogP contribution is -2.24. The van der Waals surface area contributed by atoms with Gasteiger partial charge in [0.25, 0.3) is 0 Å². The summed E-state index contributed by atoms with van der Waals surface area (Å²) >= 11 is 8.82.